The average Bonchev–Trinajstić information content (AvgIpc) is 3.09. The molecule has 2 aliphatic rings. The van der Waals surface area contributed by atoms with Crippen molar-refractivity contribution in [2.45, 2.75) is 6.92 Å². The summed E-state index contributed by atoms with van der Waals surface area (Å²) in [5.74, 6) is 0.308. The molecule has 0 atom stereocenters. The molecule has 0 radical (unpaired) electrons. The molecule has 3 heterocycles. The van der Waals surface area contributed by atoms with E-state index >= 15 is 0 Å². The summed E-state index contributed by atoms with van der Waals surface area (Å²) in [4.78, 5) is 28.8. The summed E-state index contributed by atoms with van der Waals surface area (Å²) < 4.78 is 6.12. The summed E-state index contributed by atoms with van der Waals surface area (Å²) >= 11 is 1.67. The molecule has 1 aromatic heterocycles. The van der Waals surface area contributed by atoms with Gasteiger partial charge in [-0.25, -0.2) is 14.6 Å². The predicted octanol–water partition coefficient (Wildman–Crippen LogP) is 3.20. The molecule has 0 bridgehead atoms. The lowest BCUT2D eigenvalue weighted by Gasteiger charge is -2.34. The van der Waals surface area contributed by atoms with Crippen molar-refractivity contribution < 1.29 is 24.5 Å². The van der Waals surface area contributed by atoms with E-state index in [1.807, 2.05) is 0 Å². The fourth-order valence-electron chi connectivity index (χ4n) is 3.02. The smallest absolute Gasteiger partial charge is 0.328 e. The monoisotopic (exact) mass is 429 g/mol. The summed E-state index contributed by atoms with van der Waals surface area (Å²) in [5.41, 5.74) is 3.22. The number of aliphatic carboxylic acids is 2. The molecule has 2 N–H and O–H groups in total. The van der Waals surface area contributed by atoms with E-state index in [9.17, 15) is 9.59 Å². The second-order valence-electron chi connectivity index (χ2n) is 6.96. The van der Waals surface area contributed by atoms with Gasteiger partial charge in [-0.2, -0.15) is 0 Å². The van der Waals surface area contributed by atoms with Gasteiger partial charge in [0.2, 0.25) is 0 Å². The van der Waals surface area contributed by atoms with Crippen molar-refractivity contribution in [2.24, 2.45) is 4.99 Å². The Kier molecular flexibility index (Phi) is 6.86. The molecule has 1 saturated heterocycles. The van der Waals surface area contributed by atoms with Crippen LogP contribution >= 0.6 is 11.3 Å². The molecular formula is C21H23N3O5S. The van der Waals surface area contributed by atoms with Crippen LogP contribution in [0.1, 0.15) is 11.1 Å². The molecule has 0 spiro atoms. The zero-order chi connectivity index (χ0) is 21.7. The SMILES string of the molecule is Cc1ccc2c(c1)Oc1cscc1C(N1CCN(C)CC1)=N2.O=C(O)C=CC(=O)O. The number of piperazine rings is 1. The Hall–Kier alpha value is -3.17. The minimum atomic E-state index is -1.26. The maximum Gasteiger partial charge on any atom is 0.328 e. The number of likely N-dealkylation sites (N-methyl/N-ethyl adjacent to an activating group) is 1. The Balaban J connectivity index is 0.000000275. The van der Waals surface area contributed by atoms with Gasteiger partial charge in [-0.15, -0.1) is 11.3 Å². The number of aryl methyl sites for hydroxylation is 1. The zero-order valence-electron chi connectivity index (χ0n) is 16.7. The van der Waals surface area contributed by atoms with Gasteiger partial charge in [0, 0.05) is 49.1 Å². The van der Waals surface area contributed by atoms with Crippen molar-refractivity contribution in [1.82, 2.24) is 9.80 Å². The Bertz CT molecular complexity index is 974. The molecule has 4 rings (SSSR count). The van der Waals surface area contributed by atoms with Crippen LogP contribution in [0.4, 0.5) is 5.69 Å². The first kappa shape index (κ1) is 21.5. The molecule has 9 heteroatoms. The minimum Gasteiger partial charge on any atom is -0.478 e. The molecule has 0 saturated carbocycles. The van der Waals surface area contributed by atoms with Crippen molar-refractivity contribution in [1.29, 1.82) is 0 Å². The maximum atomic E-state index is 9.55. The van der Waals surface area contributed by atoms with Gasteiger partial charge in [0.1, 0.15) is 17.3 Å². The summed E-state index contributed by atoms with van der Waals surface area (Å²) in [6.45, 7) is 6.23. The molecule has 158 valence electrons. The van der Waals surface area contributed by atoms with E-state index in [4.69, 9.17) is 19.9 Å². The first-order valence-corrected chi connectivity index (χ1v) is 10.3. The minimum absolute atomic E-state index is 0.558. The summed E-state index contributed by atoms with van der Waals surface area (Å²) in [6, 6.07) is 6.20. The third-order valence-corrected chi connectivity index (χ3v) is 5.32. The number of rotatable bonds is 2. The second-order valence-corrected chi connectivity index (χ2v) is 7.70. The topological polar surface area (TPSA) is 103 Å². The van der Waals surface area contributed by atoms with Gasteiger partial charge in [-0.05, 0) is 31.7 Å². The number of amidine groups is 1. The van der Waals surface area contributed by atoms with Crippen molar-refractivity contribution >= 4 is 34.8 Å². The summed E-state index contributed by atoms with van der Waals surface area (Å²) in [5, 5.41) is 19.8. The van der Waals surface area contributed by atoms with Crippen LogP contribution in [0.2, 0.25) is 0 Å². The van der Waals surface area contributed by atoms with E-state index in [-0.39, 0.29) is 0 Å². The Morgan fingerprint density at radius 1 is 1.07 bits per heavy atom. The van der Waals surface area contributed by atoms with Crippen molar-refractivity contribution in [2.75, 3.05) is 33.2 Å². The molecule has 8 nitrogen and oxygen atoms in total. The van der Waals surface area contributed by atoms with Crippen LogP contribution in [0.3, 0.4) is 0 Å². The summed E-state index contributed by atoms with van der Waals surface area (Å²) in [7, 11) is 2.17. The number of carboxylic acids is 2. The molecule has 2 aromatic rings. The van der Waals surface area contributed by atoms with Crippen LogP contribution in [0.5, 0.6) is 11.5 Å². The van der Waals surface area contributed by atoms with Crippen LogP contribution in [0.25, 0.3) is 0 Å². The molecule has 0 amide bonds. The van der Waals surface area contributed by atoms with Gasteiger partial charge in [-0.3, -0.25) is 0 Å². The number of hydrogen-bond acceptors (Lipinski definition) is 7. The van der Waals surface area contributed by atoms with Crippen LogP contribution in [0.15, 0.2) is 46.1 Å². The fraction of sp³-hybridized carbons (Fsp3) is 0.286. The fourth-order valence-corrected chi connectivity index (χ4v) is 3.74. The van der Waals surface area contributed by atoms with E-state index in [0.29, 0.717) is 12.2 Å². The van der Waals surface area contributed by atoms with E-state index in [0.717, 1.165) is 54.8 Å². The van der Waals surface area contributed by atoms with E-state index < -0.39 is 11.9 Å². The van der Waals surface area contributed by atoms with Gasteiger partial charge in [-0.1, -0.05) is 6.07 Å². The third kappa shape index (κ3) is 5.46. The number of nitrogens with zero attached hydrogens (tertiary/aromatic N) is 3. The first-order chi connectivity index (χ1) is 14.3. The highest BCUT2D eigenvalue weighted by Crippen LogP contribution is 2.40. The highest BCUT2D eigenvalue weighted by Gasteiger charge is 2.25. The van der Waals surface area contributed by atoms with Crippen molar-refractivity contribution in [3.63, 3.8) is 0 Å². The van der Waals surface area contributed by atoms with E-state index in [2.05, 4.69) is 52.7 Å². The summed E-state index contributed by atoms with van der Waals surface area (Å²) in [6.07, 6.45) is 1.12. The molecule has 1 aromatic carbocycles. The van der Waals surface area contributed by atoms with Crippen LogP contribution in [0, 0.1) is 6.92 Å². The molecule has 1 fully saturated rings. The Labute approximate surface area is 178 Å². The number of thiophene rings is 1. The van der Waals surface area contributed by atoms with E-state index in [1.165, 1.54) is 5.56 Å². The van der Waals surface area contributed by atoms with Gasteiger partial charge in [0.15, 0.2) is 5.75 Å². The molecule has 30 heavy (non-hydrogen) atoms. The van der Waals surface area contributed by atoms with Gasteiger partial charge in [0.05, 0.1) is 5.56 Å². The number of ether oxygens (including phenoxy) is 1. The standard InChI is InChI=1S/C17H19N3OS.C4H4O4/c1-12-3-4-14-15(9-12)21-16-11-22-10-13(16)17(18-14)20-7-5-19(2)6-8-20;5-3(6)1-2-4(7)8/h3-4,9-11H,5-8H2,1-2H3;1-2H,(H,5,6)(H,7,8). The molecule has 2 aliphatic heterocycles. The number of carbonyl (C=O) groups is 2. The lowest BCUT2D eigenvalue weighted by atomic mass is 10.2. The van der Waals surface area contributed by atoms with Crippen LogP contribution < -0.4 is 4.74 Å². The number of fused-ring (bicyclic) bond motifs is 2. The highest BCUT2D eigenvalue weighted by atomic mass is 32.1. The number of aliphatic imine (C=N–C) groups is 1. The molecule has 0 aliphatic carbocycles. The number of carboxylic acid groups (broad SMARTS) is 2. The number of benzene rings is 1. The quantitative estimate of drug-likeness (QED) is 0.707. The second kappa shape index (κ2) is 9.55. The lowest BCUT2D eigenvalue weighted by Crippen LogP contribution is -2.47. The third-order valence-electron chi connectivity index (χ3n) is 4.60. The molecular weight excluding hydrogens is 406 g/mol. The molecule has 0 unspecified atom stereocenters. The van der Waals surface area contributed by atoms with E-state index in [1.54, 1.807) is 11.3 Å². The number of hydrogen-bond donors (Lipinski definition) is 2. The van der Waals surface area contributed by atoms with Crippen LogP contribution in [-0.4, -0.2) is 71.0 Å². The Morgan fingerprint density at radius 2 is 1.73 bits per heavy atom. The Morgan fingerprint density at radius 3 is 2.37 bits per heavy atom. The average molecular weight is 429 g/mol. The van der Waals surface area contributed by atoms with Gasteiger partial charge < -0.3 is 24.7 Å². The first-order valence-electron chi connectivity index (χ1n) is 9.34. The largest absolute Gasteiger partial charge is 0.478 e. The van der Waals surface area contributed by atoms with Crippen molar-refractivity contribution in [3.8, 4) is 11.5 Å². The zero-order valence-corrected chi connectivity index (χ0v) is 17.6. The maximum absolute atomic E-state index is 9.55. The highest BCUT2D eigenvalue weighted by molar-refractivity contribution is 7.08. The predicted molar refractivity (Wildman–Crippen MR) is 115 cm³/mol. The van der Waals surface area contributed by atoms with Crippen LogP contribution in [-0.2, 0) is 9.59 Å². The normalized spacial score (nSPS) is 15.8. The van der Waals surface area contributed by atoms with Gasteiger partial charge >= 0.3 is 11.9 Å². The lowest BCUT2D eigenvalue weighted by molar-refractivity contribution is -0.134. The van der Waals surface area contributed by atoms with Gasteiger partial charge in [0.25, 0.3) is 0 Å². The van der Waals surface area contributed by atoms with Crippen molar-refractivity contribution in [3.05, 3.63) is 52.2 Å².